The molecule has 0 unspecified atom stereocenters. The minimum atomic E-state index is -0.245. The molecular formula is C16H46N4O4. The van der Waals surface area contributed by atoms with E-state index in [-0.39, 0.29) is 26.7 Å². The van der Waals surface area contributed by atoms with Gasteiger partial charge in [0.25, 0.3) is 0 Å². The Morgan fingerprint density at radius 3 is 1.04 bits per heavy atom. The van der Waals surface area contributed by atoms with E-state index in [0.717, 1.165) is 0 Å². The zero-order valence-electron chi connectivity index (χ0n) is 15.8. The van der Waals surface area contributed by atoms with Gasteiger partial charge in [-0.2, -0.15) is 0 Å². The summed E-state index contributed by atoms with van der Waals surface area (Å²) in [6, 6.07) is 0. The molecule has 0 rings (SSSR count). The Bertz CT molecular complexity index is 177. The zero-order valence-corrected chi connectivity index (χ0v) is 15.8. The van der Waals surface area contributed by atoms with Crippen molar-refractivity contribution in [2.24, 2.45) is 11.5 Å². The lowest BCUT2D eigenvalue weighted by Gasteiger charge is -1.80. The molecule has 0 bridgehead atoms. The van der Waals surface area contributed by atoms with E-state index in [0.29, 0.717) is 19.3 Å². The van der Waals surface area contributed by atoms with E-state index in [1.165, 1.54) is 0 Å². The van der Waals surface area contributed by atoms with E-state index in [1.807, 2.05) is 27.7 Å². The smallest absolute Gasteiger partial charge is 0.217 e. The van der Waals surface area contributed by atoms with Crippen LogP contribution in [0.15, 0.2) is 0 Å². The summed E-state index contributed by atoms with van der Waals surface area (Å²) in [5, 5.41) is 2.25. The van der Waals surface area contributed by atoms with Gasteiger partial charge in [0.05, 0.1) is 7.11 Å². The van der Waals surface area contributed by atoms with Crippen LogP contribution < -0.4 is 22.3 Å². The molecule has 0 aromatic rings. The molecule has 0 atom stereocenters. The molecule has 6 N–H and O–H groups in total. The largest absolute Gasteiger partial charge is 0.370 e. The van der Waals surface area contributed by atoms with Crippen molar-refractivity contribution in [3.05, 3.63) is 0 Å². The van der Waals surface area contributed by atoms with Gasteiger partial charge in [0.15, 0.2) is 0 Å². The van der Waals surface area contributed by atoms with E-state index in [4.69, 9.17) is 4.79 Å². The lowest BCUT2D eigenvalue weighted by Crippen LogP contribution is -2.06. The van der Waals surface area contributed by atoms with Crippen LogP contribution in [0.3, 0.4) is 0 Å². The maximum absolute atomic E-state index is 9.59. The Morgan fingerprint density at radius 1 is 0.917 bits per heavy atom. The first-order valence-electron chi connectivity index (χ1n) is 7.24. The standard InChI is InChI=1S/2C3H7NO.C2H7NO.C2H5NO.2C2H6.2CH4/c2*1-2-3(4)5;1-3-4-2;1-3-2-4;2*1-2;;/h2*2H2,1H3,(H2,4,5);3H,1-2H3;2H,1H3,(H,3,4);2*1-2H3;2*1H4. The highest BCUT2D eigenvalue weighted by Crippen LogP contribution is 1.63. The maximum atomic E-state index is 9.59. The van der Waals surface area contributed by atoms with Gasteiger partial charge < -0.3 is 21.6 Å². The highest BCUT2D eigenvalue weighted by atomic mass is 16.6. The van der Waals surface area contributed by atoms with Gasteiger partial charge in [-0.1, -0.05) is 56.4 Å². The van der Waals surface area contributed by atoms with Crippen molar-refractivity contribution in [3.63, 3.8) is 0 Å². The second kappa shape index (κ2) is 82.6. The van der Waals surface area contributed by atoms with E-state index in [1.54, 1.807) is 35.1 Å². The molecular weight excluding hydrogens is 312 g/mol. The normalized spacial score (nSPS) is 5.71. The third kappa shape index (κ3) is 405. The molecule has 0 heterocycles. The molecule has 0 spiro atoms. The van der Waals surface area contributed by atoms with E-state index >= 15 is 0 Å². The van der Waals surface area contributed by atoms with Gasteiger partial charge >= 0.3 is 0 Å². The van der Waals surface area contributed by atoms with Crippen LogP contribution in [-0.4, -0.2) is 39.4 Å². The van der Waals surface area contributed by atoms with Gasteiger partial charge in [0.1, 0.15) is 0 Å². The minimum absolute atomic E-state index is 0. The van der Waals surface area contributed by atoms with E-state index < -0.39 is 0 Å². The second-order valence-electron chi connectivity index (χ2n) is 2.45. The minimum Gasteiger partial charge on any atom is -0.370 e. The first-order valence-corrected chi connectivity index (χ1v) is 7.24. The number of nitrogens with two attached hydrogens (primary N) is 2. The van der Waals surface area contributed by atoms with Gasteiger partial charge in [0.2, 0.25) is 18.2 Å². The molecule has 0 saturated carbocycles. The second-order valence-corrected chi connectivity index (χ2v) is 2.45. The Labute approximate surface area is 151 Å². The predicted molar refractivity (Wildman–Crippen MR) is 106 cm³/mol. The first-order chi connectivity index (χ1) is 10.4. The Balaban J connectivity index is -0.0000000217. The molecule has 0 aromatic heterocycles. The van der Waals surface area contributed by atoms with Crippen LogP contribution in [-0.2, 0) is 19.2 Å². The summed E-state index contributed by atoms with van der Waals surface area (Å²) in [4.78, 5) is 32.5. The SMILES string of the molecule is C.C.CC.CC.CCC(N)=O.CCC(N)=O.CNC=O.CNOC. The molecule has 0 radical (unpaired) electrons. The molecule has 3 amide bonds. The lowest BCUT2D eigenvalue weighted by atomic mass is 10.5. The molecule has 0 aliphatic carbocycles. The van der Waals surface area contributed by atoms with Crippen molar-refractivity contribution in [3.8, 4) is 0 Å². The maximum Gasteiger partial charge on any atom is 0.217 e. The fourth-order valence-electron chi connectivity index (χ4n) is 0. The van der Waals surface area contributed by atoms with Crippen molar-refractivity contribution in [1.82, 2.24) is 10.8 Å². The van der Waals surface area contributed by atoms with Crippen molar-refractivity contribution in [2.45, 2.75) is 69.2 Å². The number of rotatable bonds is 4. The quantitative estimate of drug-likeness (QED) is 0.451. The highest BCUT2D eigenvalue weighted by molar-refractivity contribution is 5.73. The van der Waals surface area contributed by atoms with Crippen LogP contribution >= 0.6 is 0 Å². The average molecular weight is 359 g/mol. The number of carbonyl (C=O) groups excluding carboxylic acids is 3. The van der Waals surface area contributed by atoms with Crippen LogP contribution in [0.2, 0.25) is 0 Å². The van der Waals surface area contributed by atoms with Gasteiger partial charge in [-0.25, -0.2) is 5.48 Å². The van der Waals surface area contributed by atoms with Crippen LogP contribution in [0.5, 0.6) is 0 Å². The van der Waals surface area contributed by atoms with Crippen molar-refractivity contribution in [1.29, 1.82) is 0 Å². The summed E-state index contributed by atoms with van der Waals surface area (Å²) in [5.74, 6) is -0.491. The number of carbonyl (C=O) groups is 3. The fourth-order valence-corrected chi connectivity index (χ4v) is 0. The molecule has 8 heteroatoms. The third-order valence-electron chi connectivity index (χ3n) is 1.02. The van der Waals surface area contributed by atoms with Gasteiger partial charge in [-0.05, 0) is 0 Å². The predicted octanol–water partition coefficient (Wildman–Crippen LogP) is 2.22. The molecule has 0 fully saturated rings. The number of primary amides is 2. The summed E-state index contributed by atoms with van der Waals surface area (Å²) < 4.78 is 0. The van der Waals surface area contributed by atoms with Gasteiger partial charge in [-0.15, -0.1) is 0 Å². The number of hydrogen-bond donors (Lipinski definition) is 4. The number of amides is 3. The van der Waals surface area contributed by atoms with Crippen molar-refractivity contribution >= 4 is 18.2 Å². The highest BCUT2D eigenvalue weighted by Gasteiger charge is 1.77. The zero-order chi connectivity index (χ0) is 19.4. The monoisotopic (exact) mass is 358 g/mol. The summed E-state index contributed by atoms with van der Waals surface area (Å²) in [6.45, 7) is 11.4. The van der Waals surface area contributed by atoms with Crippen LogP contribution in [0.25, 0.3) is 0 Å². The van der Waals surface area contributed by atoms with E-state index in [9.17, 15) is 9.59 Å². The van der Waals surface area contributed by atoms with E-state index in [2.05, 4.69) is 27.1 Å². The Kier molecular flexibility index (Phi) is 170. The molecule has 0 aliphatic rings. The van der Waals surface area contributed by atoms with Crippen LogP contribution in [0.4, 0.5) is 0 Å². The molecule has 0 saturated heterocycles. The summed E-state index contributed by atoms with van der Waals surface area (Å²) in [5.41, 5.74) is 11.7. The van der Waals surface area contributed by atoms with Gasteiger partial charge in [0, 0.05) is 26.9 Å². The van der Waals surface area contributed by atoms with Gasteiger partial charge in [-0.3, -0.25) is 14.4 Å². The Hall–Kier alpha value is -1.67. The Morgan fingerprint density at radius 2 is 1.04 bits per heavy atom. The molecule has 154 valence electrons. The number of hydrogen-bond acceptors (Lipinski definition) is 5. The number of hydroxylamine groups is 1. The van der Waals surface area contributed by atoms with Crippen molar-refractivity contribution < 1.29 is 19.2 Å². The van der Waals surface area contributed by atoms with Crippen molar-refractivity contribution in [2.75, 3.05) is 21.2 Å². The summed E-state index contributed by atoms with van der Waals surface area (Å²) >= 11 is 0. The lowest BCUT2D eigenvalue weighted by molar-refractivity contribution is -0.118. The van der Waals surface area contributed by atoms with Crippen LogP contribution in [0, 0.1) is 0 Å². The average Bonchev–Trinajstić information content (AvgIpc) is 2.59. The molecule has 24 heavy (non-hydrogen) atoms. The summed E-state index contributed by atoms with van der Waals surface area (Å²) in [7, 11) is 4.84. The third-order valence-corrected chi connectivity index (χ3v) is 1.02. The molecule has 0 aliphatic heterocycles. The first kappa shape index (κ1) is 49.5. The van der Waals surface area contributed by atoms with Crippen LogP contribution in [0.1, 0.15) is 69.2 Å². The number of nitrogens with one attached hydrogen (secondary N) is 2. The summed E-state index contributed by atoms with van der Waals surface area (Å²) in [6.07, 6.45) is 1.51. The fraction of sp³-hybridized carbons (Fsp3) is 0.812. The topological polar surface area (TPSA) is 137 Å². The molecule has 0 aromatic carbocycles. The molecule has 8 nitrogen and oxygen atoms in total.